The Balaban J connectivity index is 1.89. The third kappa shape index (κ3) is 4.82. The van der Waals surface area contributed by atoms with Crippen LogP contribution >= 0.6 is 11.8 Å². The lowest BCUT2D eigenvalue weighted by atomic mass is 10.3. The second kappa shape index (κ2) is 6.38. The lowest BCUT2D eigenvalue weighted by molar-refractivity contribution is 0.668. The van der Waals surface area contributed by atoms with Crippen molar-refractivity contribution in [1.82, 2.24) is 15.3 Å². The SMILES string of the molecule is CC(C)CSCc1nc(CNC2CC2)cc(=O)[nH]1. The van der Waals surface area contributed by atoms with Crippen molar-refractivity contribution >= 4 is 11.8 Å². The van der Waals surface area contributed by atoms with E-state index >= 15 is 0 Å². The molecule has 0 aliphatic heterocycles. The maximum absolute atomic E-state index is 11.5. The molecule has 1 aliphatic carbocycles. The summed E-state index contributed by atoms with van der Waals surface area (Å²) in [7, 11) is 0. The van der Waals surface area contributed by atoms with E-state index in [1.807, 2.05) is 11.8 Å². The molecule has 1 aromatic rings. The Morgan fingerprint density at radius 1 is 1.56 bits per heavy atom. The van der Waals surface area contributed by atoms with Crippen molar-refractivity contribution in [3.05, 3.63) is 27.9 Å². The van der Waals surface area contributed by atoms with E-state index in [2.05, 4.69) is 29.1 Å². The summed E-state index contributed by atoms with van der Waals surface area (Å²) in [6, 6.07) is 2.23. The highest BCUT2D eigenvalue weighted by Crippen LogP contribution is 2.19. The zero-order valence-electron chi connectivity index (χ0n) is 11.0. The quantitative estimate of drug-likeness (QED) is 0.792. The van der Waals surface area contributed by atoms with Gasteiger partial charge in [-0.25, -0.2) is 4.98 Å². The molecule has 4 nitrogen and oxygen atoms in total. The number of rotatable bonds is 7. The summed E-state index contributed by atoms with van der Waals surface area (Å²) >= 11 is 1.82. The summed E-state index contributed by atoms with van der Waals surface area (Å²) in [5.41, 5.74) is 0.809. The van der Waals surface area contributed by atoms with Gasteiger partial charge in [-0.15, -0.1) is 0 Å². The number of nitrogens with one attached hydrogen (secondary N) is 2. The van der Waals surface area contributed by atoms with Crippen LogP contribution < -0.4 is 10.9 Å². The molecule has 0 bridgehead atoms. The first-order chi connectivity index (χ1) is 8.63. The lowest BCUT2D eigenvalue weighted by Crippen LogP contribution is -2.20. The molecule has 0 spiro atoms. The normalized spacial score (nSPS) is 15.3. The molecule has 1 aliphatic rings. The van der Waals surface area contributed by atoms with Gasteiger partial charge in [-0.05, 0) is 24.5 Å². The molecule has 2 N–H and O–H groups in total. The van der Waals surface area contributed by atoms with Crippen LogP contribution in [0, 0.1) is 5.92 Å². The molecule has 0 radical (unpaired) electrons. The lowest BCUT2D eigenvalue weighted by Gasteiger charge is -2.06. The van der Waals surface area contributed by atoms with Crippen LogP contribution in [0.5, 0.6) is 0 Å². The Bertz CT molecular complexity index is 440. The highest BCUT2D eigenvalue weighted by atomic mass is 32.2. The third-order valence-electron chi connectivity index (χ3n) is 2.68. The van der Waals surface area contributed by atoms with Gasteiger partial charge in [-0.3, -0.25) is 4.79 Å². The van der Waals surface area contributed by atoms with E-state index in [1.165, 1.54) is 12.8 Å². The first kappa shape index (κ1) is 13.6. The number of H-pyrrole nitrogens is 1. The van der Waals surface area contributed by atoms with Gasteiger partial charge in [0.2, 0.25) is 0 Å². The fourth-order valence-electron chi connectivity index (χ4n) is 1.65. The van der Waals surface area contributed by atoms with Gasteiger partial charge < -0.3 is 10.3 Å². The maximum Gasteiger partial charge on any atom is 0.251 e. The van der Waals surface area contributed by atoms with Gasteiger partial charge in [0.05, 0.1) is 11.4 Å². The maximum atomic E-state index is 11.5. The summed E-state index contributed by atoms with van der Waals surface area (Å²) in [6.07, 6.45) is 2.50. The highest BCUT2D eigenvalue weighted by Gasteiger charge is 2.20. The fourth-order valence-corrected chi connectivity index (χ4v) is 2.57. The van der Waals surface area contributed by atoms with Gasteiger partial charge in [0.15, 0.2) is 0 Å². The molecule has 5 heteroatoms. The van der Waals surface area contributed by atoms with Crippen molar-refractivity contribution in [3.8, 4) is 0 Å². The first-order valence-electron chi connectivity index (χ1n) is 6.53. The van der Waals surface area contributed by atoms with Crippen molar-refractivity contribution in [2.45, 2.75) is 45.0 Å². The van der Waals surface area contributed by atoms with E-state index in [0.717, 1.165) is 23.0 Å². The molecule has 18 heavy (non-hydrogen) atoms. The van der Waals surface area contributed by atoms with Crippen molar-refractivity contribution in [1.29, 1.82) is 0 Å². The van der Waals surface area contributed by atoms with Crippen molar-refractivity contribution in [2.24, 2.45) is 5.92 Å². The topological polar surface area (TPSA) is 57.8 Å². The minimum atomic E-state index is -0.0438. The monoisotopic (exact) mass is 267 g/mol. The standard InChI is InChI=1S/C13H21N3OS/c1-9(2)7-18-8-12-15-11(5-13(17)16-12)6-14-10-3-4-10/h5,9-10,14H,3-4,6-8H2,1-2H3,(H,15,16,17). The number of aromatic nitrogens is 2. The predicted octanol–water partition coefficient (Wildman–Crippen LogP) is 1.91. The van der Waals surface area contributed by atoms with Crippen LogP contribution in [0.25, 0.3) is 0 Å². The van der Waals surface area contributed by atoms with E-state index in [4.69, 9.17) is 0 Å². The van der Waals surface area contributed by atoms with Gasteiger partial charge in [-0.2, -0.15) is 11.8 Å². The minimum absolute atomic E-state index is 0.0438. The predicted molar refractivity (Wildman–Crippen MR) is 75.7 cm³/mol. The molecule has 0 aromatic carbocycles. The summed E-state index contributed by atoms with van der Waals surface area (Å²) < 4.78 is 0. The second-order valence-electron chi connectivity index (χ2n) is 5.25. The molecule has 0 saturated heterocycles. The Morgan fingerprint density at radius 3 is 3.00 bits per heavy atom. The molecule has 1 heterocycles. The average Bonchev–Trinajstić information content (AvgIpc) is 3.09. The van der Waals surface area contributed by atoms with Gasteiger partial charge in [-0.1, -0.05) is 13.8 Å². The van der Waals surface area contributed by atoms with E-state index in [0.29, 0.717) is 18.5 Å². The van der Waals surface area contributed by atoms with Crippen LogP contribution in [0.3, 0.4) is 0 Å². The molecule has 100 valence electrons. The van der Waals surface area contributed by atoms with Crippen LogP contribution in [0.2, 0.25) is 0 Å². The molecule has 0 atom stereocenters. The zero-order chi connectivity index (χ0) is 13.0. The largest absolute Gasteiger partial charge is 0.310 e. The van der Waals surface area contributed by atoms with E-state index in [9.17, 15) is 4.79 Å². The van der Waals surface area contributed by atoms with E-state index < -0.39 is 0 Å². The summed E-state index contributed by atoms with van der Waals surface area (Å²) in [4.78, 5) is 18.8. The average molecular weight is 267 g/mol. The number of thioether (sulfide) groups is 1. The number of hydrogen-bond donors (Lipinski definition) is 2. The van der Waals surface area contributed by atoms with Crippen LogP contribution in [0.15, 0.2) is 10.9 Å². The molecule has 1 fully saturated rings. The Morgan fingerprint density at radius 2 is 2.33 bits per heavy atom. The number of aromatic amines is 1. The van der Waals surface area contributed by atoms with E-state index in [-0.39, 0.29) is 5.56 Å². The Labute approximate surface area is 112 Å². The van der Waals surface area contributed by atoms with Gasteiger partial charge in [0.1, 0.15) is 5.82 Å². The smallest absolute Gasteiger partial charge is 0.251 e. The number of hydrogen-bond acceptors (Lipinski definition) is 4. The molecular weight excluding hydrogens is 246 g/mol. The van der Waals surface area contributed by atoms with Gasteiger partial charge in [0, 0.05) is 18.7 Å². The van der Waals surface area contributed by atoms with Crippen LogP contribution in [0.4, 0.5) is 0 Å². The molecule has 1 aromatic heterocycles. The zero-order valence-corrected chi connectivity index (χ0v) is 11.8. The van der Waals surface area contributed by atoms with Gasteiger partial charge >= 0.3 is 0 Å². The highest BCUT2D eigenvalue weighted by molar-refractivity contribution is 7.98. The van der Waals surface area contributed by atoms with Gasteiger partial charge in [0.25, 0.3) is 5.56 Å². The molecule has 1 saturated carbocycles. The third-order valence-corrected chi connectivity index (χ3v) is 4.06. The first-order valence-corrected chi connectivity index (χ1v) is 7.69. The molecule has 0 unspecified atom stereocenters. The molecule has 2 rings (SSSR count). The van der Waals surface area contributed by atoms with Crippen LogP contribution in [0.1, 0.15) is 38.2 Å². The second-order valence-corrected chi connectivity index (χ2v) is 6.28. The summed E-state index contributed by atoms with van der Waals surface area (Å²) in [5, 5.41) is 3.38. The summed E-state index contributed by atoms with van der Waals surface area (Å²) in [6.45, 7) is 5.09. The Hall–Kier alpha value is -0.810. The van der Waals surface area contributed by atoms with E-state index in [1.54, 1.807) is 6.07 Å². The van der Waals surface area contributed by atoms with Crippen molar-refractivity contribution < 1.29 is 0 Å². The molecular formula is C13H21N3OS. The fraction of sp³-hybridized carbons (Fsp3) is 0.692. The Kier molecular flexibility index (Phi) is 4.83. The molecule has 0 amide bonds. The van der Waals surface area contributed by atoms with Crippen LogP contribution in [-0.4, -0.2) is 21.8 Å². The minimum Gasteiger partial charge on any atom is -0.310 e. The summed E-state index contributed by atoms with van der Waals surface area (Å²) in [5.74, 6) is 3.33. The van der Waals surface area contributed by atoms with Crippen molar-refractivity contribution in [3.63, 3.8) is 0 Å². The number of nitrogens with zero attached hydrogens (tertiary/aromatic N) is 1. The van der Waals surface area contributed by atoms with Crippen molar-refractivity contribution in [2.75, 3.05) is 5.75 Å². The van der Waals surface area contributed by atoms with Crippen LogP contribution in [-0.2, 0) is 12.3 Å².